The number of aliphatic carboxylic acids is 1. The third kappa shape index (κ3) is 5.92. The van der Waals surface area contributed by atoms with Gasteiger partial charge in [0.05, 0.1) is 17.2 Å². The predicted octanol–water partition coefficient (Wildman–Crippen LogP) is 3.94. The first kappa shape index (κ1) is 27.0. The molecule has 2 N–H and O–H groups in total. The average Bonchev–Trinajstić information content (AvgIpc) is 3.12. The van der Waals surface area contributed by atoms with Crippen molar-refractivity contribution in [1.82, 2.24) is 15.1 Å². The van der Waals surface area contributed by atoms with E-state index >= 15 is 0 Å². The van der Waals surface area contributed by atoms with Gasteiger partial charge in [-0.1, -0.05) is 68.4 Å². The first-order valence-electron chi connectivity index (χ1n) is 12.8. The molecule has 0 aliphatic carbocycles. The number of nitrogens with zero attached hydrogens (tertiary/aromatic N) is 2. The Morgan fingerprint density at radius 1 is 0.895 bits per heavy atom. The van der Waals surface area contributed by atoms with E-state index in [-0.39, 0.29) is 24.8 Å². The van der Waals surface area contributed by atoms with Crippen molar-refractivity contribution in [3.63, 3.8) is 0 Å². The van der Waals surface area contributed by atoms with Crippen molar-refractivity contribution in [3.05, 3.63) is 83.4 Å². The van der Waals surface area contributed by atoms with Gasteiger partial charge in [0.2, 0.25) is 5.91 Å². The van der Waals surface area contributed by atoms with E-state index in [0.717, 1.165) is 21.2 Å². The minimum atomic E-state index is -1.14. The van der Waals surface area contributed by atoms with Crippen LogP contribution in [-0.2, 0) is 16.1 Å². The van der Waals surface area contributed by atoms with Crippen molar-refractivity contribution in [2.45, 2.75) is 45.3 Å². The zero-order valence-electron chi connectivity index (χ0n) is 21.9. The van der Waals surface area contributed by atoms with E-state index in [1.807, 2.05) is 68.4 Å². The Morgan fingerprint density at radius 3 is 1.97 bits per heavy atom. The van der Waals surface area contributed by atoms with E-state index < -0.39 is 29.9 Å². The maximum absolute atomic E-state index is 13.3. The number of benzene rings is 3. The summed E-state index contributed by atoms with van der Waals surface area (Å²) in [4.78, 5) is 54.3. The zero-order chi connectivity index (χ0) is 27.4. The predicted molar refractivity (Wildman–Crippen MR) is 145 cm³/mol. The van der Waals surface area contributed by atoms with Crippen molar-refractivity contribution in [1.29, 1.82) is 0 Å². The summed E-state index contributed by atoms with van der Waals surface area (Å²) in [6.07, 6.45) is 0.423. The lowest BCUT2D eigenvalue weighted by Gasteiger charge is -2.29. The molecule has 1 aliphatic rings. The van der Waals surface area contributed by atoms with Crippen LogP contribution in [0.3, 0.4) is 0 Å². The zero-order valence-corrected chi connectivity index (χ0v) is 21.9. The smallest absolute Gasteiger partial charge is 0.320 e. The molecule has 1 heterocycles. The second kappa shape index (κ2) is 11.6. The lowest BCUT2D eigenvalue weighted by molar-refractivity contribution is -0.141. The fourth-order valence-corrected chi connectivity index (χ4v) is 4.87. The van der Waals surface area contributed by atoms with Gasteiger partial charge >= 0.3 is 5.97 Å². The molecule has 3 aromatic carbocycles. The van der Waals surface area contributed by atoms with Crippen LogP contribution in [0.25, 0.3) is 10.8 Å². The largest absolute Gasteiger partial charge is 0.480 e. The van der Waals surface area contributed by atoms with Gasteiger partial charge in [-0.25, -0.2) is 0 Å². The molecule has 0 aromatic heterocycles. The van der Waals surface area contributed by atoms with Gasteiger partial charge in [0, 0.05) is 20.1 Å². The molecule has 0 fully saturated rings. The number of carboxylic acids is 1. The molecule has 3 amide bonds. The van der Waals surface area contributed by atoms with Crippen LogP contribution in [-0.4, -0.2) is 64.3 Å². The van der Waals surface area contributed by atoms with E-state index in [1.54, 1.807) is 24.1 Å². The maximum Gasteiger partial charge on any atom is 0.320 e. The first-order valence-corrected chi connectivity index (χ1v) is 12.8. The molecule has 0 saturated carbocycles. The molecule has 198 valence electrons. The summed E-state index contributed by atoms with van der Waals surface area (Å²) >= 11 is 0. The average molecular weight is 516 g/mol. The number of rotatable bonds is 11. The van der Waals surface area contributed by atoms with Crippen molar-refractivity contribution in [3.8, 4) is 0 Å². The standard InChI is InChI=1S/C30H33N3O5/c1-19(2)15-26(29(36)32(3)18-20-9-5-4-6-10-20)31-25(30(37)38)13-14-33-27(34)23-16-21-11-7-8-12-22(21)17-24(23)28(33)35/h4-12,16-17,19,25-26,31H,13-15,18H2,1-3H3,(H,37,38)/t25-,26+/m1/s1. The molecule has 0 unspecified atom stereocenters. The van der Waals surface area contributed by atoms with Gasteiger partial charge in [-0.15, -0.1) is 0 Å². The van der Waals surface area contributed by atoms with E-state index in [2.05, 4.69) is 5.32 Å². The molecule has 1 aliphatic heterocycles. The Labute approximate surface area is 222 Å². The second-order valence-electron chi connectivity index (χ2n) is 10.2. The lowest BCUT2D eigenvalue weighted by atomic mass is 10.0. The van der Waals surface area contributed by atoms with E-state index in [9.17, 15) is 24.3 Å². The number of carbonyl (C=O) groups excluding carboxylic acids is 3. The van der Waals surface area contributed by atoms with Crippen molar-refractivity contribution < 1.29 is 24.3 Å². The highest BCUT2D eigenvalue weighted by Gasteiger charge is 2.37. The fraction of sp³-hybridized carbons (Fsp3) is 0.333. The first-order chi connectivity index (χ1) is 18.2. The fourth-order valence-electron chi connectivity index (χ4n) is 4.87. The Kier molecular flexibility index (Phi) is 8.22. The Hall–Kier alpha value is -4.04. The van der Waals surface area contributed by atoms with Crippen LogP contribution in [0.4, 0.5) is 0 Å². The van der Waals surface area contributed by atoms with Gasteiger partial charge in [0.15, 0.2) is 0 Å². The molecule has 3 aromatic rings. The summed E-state index contributed by atoms with van der Waals surface area (Å²) in [5.41, 5.74) is 1.62. The molecular weight excluding hydrogens is 482 g/mol. The summed E-state index contributed by atoms with van der Waals surface area (Å²) < 4.78 is 0. The maximum atomic E-state index is 13.3. The van der Waals surface area contributed by atoms with Gasteiger partial charge in [-0.05, 0) is 47.2 Å². The second-order valence-corrected chi connectivity index (χ2v) is 10.2. The molecular formula is C30H33N3O5. The molecule has 2 atom stereocenters. The monoisotopic (exact) mass is 515 g/mol. The Bertz CT molecular complexity index is 1300. The van der Waals surface area contributed by atoms with Crippen LogP contribution >= 0.6 is 0 Å². The van der Waals surface area contributed by atoms with E-state index in [4.69, 9.17) is 0 Å². The van der Waals surface area contributed by atoms with Crippen molar-refractivity contribution in [2.24, 2.45) is 5.92 Å². The summed E-state index contributed by atoms with van der Waals surface area (Å²) in [5, 5.41) is 14.7. The van der Waals surface area contributed by atoms with Crippen molar-refractivity contribution in [2.75, 3.05) is 13.6 Å². The number of fused-ring (bicyclic) bond motifs is 2. The molecule has 0 bridgehead atoms. The van der Waals surface area contributed by atoms with E-state index in [0.29, 0.717) is 24.1 Å². The molecule has 0 spiro atoms. The quantitative estimate of drug-likeness (QED) is 0.375. The topological polar surface area (TPSA) is 107 Å². The van der Waals surface area contributed by atoms with E-state index in [1.165, 1.54) is 0 Å². The number of carbonyl (C=O) groups is 4. The van der Waals surface area contributed by atoms with Crippen LogP contribution in [0.2, 0.25) is 0 Å². The number of likely N-dealkylation sites (N-methyl/N-ethyl adjacent to an activating group) is 1. The van der Waals surface area contributed by atoms with Crippen molar-refractivity contribution >= 4 is 34.5 Å². The molecule has 38 heavy (non-hydrogen) atoms. The minimum Gasteiger partial charge on any atom is -0.480 e. The summed E-state index contributed by atoms with van der Waals surface area (Å²) in [5.74, 6) is -2.07. The number of hydrogen-bond acceptors (Lipinski definition) is 5. The van der Waals surface area contributed by atoms with Crippen LogP contribution in [0.1, 0.15) is 53.0 Å². The van der Waals surface area contributed by atoms with Gasteiger partial charge < -0.3 is 10.0 Å². The number of nitrogens with one attached hydrogen (secondary N) is 1. The summed E-state index contributed by atoms with van der Waals surface area (Å²) in [7, 11) is 1.70. The van der Waals surface area contributed by atoms with Gasteiger partial charge in [-0.2, -0.15) is 0 Å². The number of amides is 3. The molecule has 8 nitrogen and oxygen atoms in total. The molecule has 8 heteroatoms. The number of imide groups is 1. The number of carboxylic acid groups (broad SMARTS) is 1. The molecule has 0 radical (unpaired) electrons. The lowest BCUT2D eigenvalue weighted by Crippen LogP contribution is -2.52. The number of hydrogen-bond donors (Lipinski definition) is 2. The SMILES string of the molecule is CC(C)C[C@H](N[C@H](CCN1C(=O)c2cc3ccccc3cc2C1=O)C(=O)O)C(=O)N(C)Cc1ccccc1. The third-order valence-corrected chi connectivity index (χ3v) is 6.82. The minimum absolute atomic E-state index is 0.0232. The van der Waals surface area contributed by atoms with Gasteiger partial charge in [0.25, 0.3) is 11.8 Å². The Balaban J connectivity index is 1.46. The molecule has 0 saturated heterocycles. The van der Waals surface area contributed by atoms with Gasteiger partial charge in [-0.3, -0.25) is 29.4 Å². The molecule has 4 rings (SSSR count). The summed E-state index contributed by atoms with van der Waals surface area (Å²) in [6.45, 7) is 4.27. The highest BCUT2D eigenvalue weighted by atomic mass is 16.4. The van der Waals surface area contributed by atoms with Crippen LogP contribution < -0.4 is 5.32 Å². The highest BCUT2D eigenvalue weighted by Crippen LogP contribution is 2.28. The highest BCUT2D eigenvalue weighted by molar-refractivity contribution is 6.23. The van der Waals surface area contributed by atoms with Crippen LogP contribution in [0.5, 0.6) is 0 Å². The van der Waals surface area contributed by atoms with Gasteiger partial charge in [0.1, 0.15) is 6.04 Å². The third-order valence-electron chi connectivity index (χ3n) is 6.82. The Morgan fingerprint density at radius 2 is 1.45 bits per heavy atom. The normalized spacial score (nSPS) is 14.6. The summed E-state index contributed by atoms with van der Waals surface area (Å²) in [6, 6.07) is 18.6. The van der Waals surface area contributed by atoms with Crippen LogP contribution in [0.15, 0.2) is 66.7 Å². The van der Waals surface area contributed by atoms with Crippen LogP contribution in [0, 0.1) is 5.92 Å².